The summed E-state index contributed by atoms with van der Waals surface area (Å²) >= 11 is 0. The lowest BCUT2D eigenvalue weighted by Crippen LogP contribution is -2.45. The first-order valence-electron chi connectivity index (χ1n) is 11.7. The van der Waals surface area contributed by atoms with Gasteiger partial charge < -0.3 is 29.1 Å². The van der Waals surface area contributed by atoms with Crippen LogP contribution in [0.5, 0.6) is 5.75 Å². The fourth-order valence-corrected chi connectivity index (χ4v) is 2.94. The van der Waals surface area contributed by atoms with Gasteiger partial charge in [0.2, 0.25) is 0 Å². The van der Waals surface area contributed by atoms with Gasteiger partial charge in [0.15, 0.2) is 5.69 Å². The van der Waals surface area contributed by atoms with Gasteiger partial charge >= 0.3 is 18.0 Å². The zero-order valence-corrected chi connectivity index (χ0v) is 20.9. The maximum Gasteiger partial charge on any atom is 0.408 e. The summed E-state index contributed by atoms with van der Waals surface area (Å²) in [6.45, 7) is 7.32. The fraction of sp³-hybridized carbons (Fsp3) is 0.542. The third-order valence-corrected chi connectivity index (χ3v) is 4.87. The fourth-order valence-electron chi connectivity index (χ4n) is 2.94. The topological polar surface area (TPSA) is 140 Å². The summed E-state index contributed by atoms with van der Waals surface area (Å²) in [7, 11) is 0. The lowest BCUT2D eigenvalue weighted by molar-refractivity contribution is -0.146. The molecular weight excluding hydrogens is 472 g/mol. The van der Waals surface area contributed by atoms with Gasteiger partial charge in [0.25, 0.3) is 6.79 Å². The van der Waals surface area contributed by atoms with Crippen molar-refractivity contribution in [2.75, 3.05) is 20.0 Å². The van der Waals surface area contributed by atoms with Crippen molar-refractivity contribution in [3.63, 3.8) is 0 Å². The molecule has 1 aromatic heterocycles. The highest BCUT2D eigenvalue weighted by Gasteiger charge is 2.29. The van der Waals surface area contributed by atoms with E-state index in [4.69, 9.17) is 23.8 Å². The summed E-state index contributed by atoms with van der Waals surface area (Å²) in [6, 6.07) is 6.03. The van der Waals surface area contributed by atoms with Crippen LogP contribution in [0.1, 0.15) is 56.6 Å². The van der Waals surface area contributed by atoms with Crippen LogP contribution in [0.4, 0.5) is 4.79 Å². The standard InChI is InChI=1S/C24H32N4O8/c1-5-32-22(30)20-13-28(27-26-20)35-15-34-18-10-8-16(9-11-18)12-19(21(29)33-14-17-6-7-17)25-23(31)36-24(2,3)4/h8-11,13,17,19H,5-7,12,14-15H2,1-4H3,(H,25,31)/t19-/m1/s1. The lowest BCUT2D eigenvalue weighted by atomic mass is 10.1. The largest absolute Gasteiger partial charge is 0.464 e. The number of benzene rings is 1. The molecule has 3 rings (SSSR count). The molecule has 0 aliphatic heterocycles. The number of nitrogens with one attached hydrogen (secondary N) is 1. The smallest absolute Gasteiger partial charge is 0.408 e. The molecule has 12 heteroatoms. The highest BCUT2D eigenvalue weighted by Crippen LogP contribution is 2.29. The van der Waals surface area contributed by atoms with Crippen molar-refractivity contribution >= 4 is 18.0 Å². The molecule has 0 spiro atoms. The van der Waals surface area contributed by atoms with E-state index in [1.165, 1.54) is 6.20 Å². The molecule has 1 aliphatic rings. The summed E-state index contributed by atoms with van der Waals surface area (Å²) < 4.78 is 21.0. The van der Waals surface area contributed by atoms with Crippen LogP contribution in [-0.2, 0) is 25.4 Å². The molecule has 1 atom stereocenters. The second kappa shape index (κ2) is 12.2. The summed E-state index contributed by atoms with van der Waals surface area (Å²) in [5.74, 6) is -0.197. The van der Waals surface area contributed by atoms with Gasteiger partial charge in [0.1, 0.15) is 23.6 Å². The van der Waals surface area contributed by atoms with E-state index in [2.05, 4.69) is 15.6 Å². The number of aromatic nitrogens is 3. The quantitative estimate of drug-likeness (QED) is 0.260. The van der Waals surface area contributed by atoms with Crippen LogP contribution in [-0.4, -0.2) is 64.8 Å². The van der Waals surface area contributed by atoms with Gasteiger partial charge in [-0.05, 0) is 69.4 Å². The molecule has 0 radical (unpaired) electrons. The van der Waals surface area contributed by atoms with Crippen LogP contribution in [0.15, 0.2) is 30.5 Å². The number of hydrogen-bond donors (Lipinski definition) is 1. The second-order valence-corrected chi connectivity index (χ2v) is 9.24. The third kappa shape index (κ3) is 9.08. The Labute approximate surface area is 209 Å². The van der Waals surface area contributed by atoms with E-state index in [1.807, 2.05) is 0 Å². The van der Waals surface area contributed by atoms with E-state index < -0.39 is 29.7 Å². The first kappa shape index (κ1) is 26.8. The SMILES string of the molecule is CCOC(=O)c1cn(OCOc2ccc(C[C@@H](NC(=O)OC(C)(C)C)C(=O)OCC3CC3)cc2)nn1. The normalized spacial score (nSPS) is 13.9. The van der Waals surface area contributed by atoms with E-state index in [-0.39, 0.29) is 25.5 Å². The van der Waals surface area contributed by atoms with Crippen molar-refractivity contribution in [2.24, 2.45) is 5.92 Å². The highest BCUT2D eigenvalue weighted by atomic mass is 16.8. The zero-order chi connectivity index (χ0) is 26.1. The number of esters is 2. The Hall–Kier alpha value is -3.83. The molecule has 1 heterocycles. The minimum atomic E-state index is -0.894. The van der Waals surface area contributed by atoms with Crippen molar-refractivity contribution in [1.82, 2.24) is 20.5 Å². The van der Waals surface area contributed by atoms with Gasteiger partial charge in [-0.15, -0.1) is 5.10 Å². The van der Waals surface area contributed by atoms with E-state index >= 15 is 0 Å². The molecule has 1 N–H and O–H groups in total. The first-order chi connectivity index (χ1) is 17.1. The van der Waals surface area contributed by atoms with Crippen molar-refractivity contribution in [2.45, 2.75) is 58.6 Å². The molecule has 1 aliphatic carbocycles. The number of hydrogen-bond acceptors (Lipinski definition) is 10. The molecular formula is C24H32N4O8. The zero-order valence-electron chi connectivity index (χ0n) is 20.9. The second-order valence-electron chi connectivity index (χ2n) is 9.24. The van der Waals surface area contributed by atoms with Gasteiger partial charge in [-0.1, -0.05) is 17.0 Å². The Morgan fingerprint density at radius 2 is 1.86 bits per heavy atom. The molecule has 1 saturated carbocycles. The van der Waals surface area contributed by atoms with E-state index in [0.29, 0.717) is 18.3 Å². The number of rotatable bonds is 12. The van der Waals surface area contributed by atoms with E-state index in [9.17, 15) is 14.4 Å². The monoisotopic (exact) mass is 504 g/mol. The Bertz CT molecular complexity index is 1030. The summed E-state index contributed by atoms with van der Waals surface area (Å²) in [5.41, 5.74) is 0.106. The molecule has 0 unspecified atom stereocenters. The molecule has 0 saturated heterocycles. The Balaban J connectivity index is 1.52. The number of nitrogens with zero attached hydrogens (tertiary/aromatic N) is 3. The van der Waals surface area contributed by atoms with Crippen molar-refractivity contribution in [3.05, 3.63) is 41.7 Å². The Morgan fingerprint density at radius 3 is 2.50 bits per heavy atom. The summed E-state index contributed by atoms with van der Waals surface area (Å²) in [4.78, 5) is 42.8. The van der Waals surface area contributed by atoms with Gasteiger partial charge in [-0.2, -0.15) is 0 Å². The molecule has 1 amide bonds. The van der Waals surface area contributed by atoms with Gasteiger partial charge in [0, 0.05) is 6.42 Å². The van der Waals surface area contributed by atoms with Crippen LogP contribution in [0.3, 0.4) is 0 Å². The van der Waals surface area contributed by atoms with Crippen molar-refractivity contribution in [3.8, 4) is 5.75 Å². The maximum absolute atomic E-state index is 12.6. The number of alkyl carbamates (subject to hydrolysis) is 1. The van der Waals surface area contributed by atoms with Gasteiger partial charge in [-0.3, -0.25) is 0 Å². The predicted molar refractivity (Wildman–Crippen MR) is 125 cm³/mol. The molecule has 1 fully saturated rings. The highest BCUT2D eigenvalue weighted by molar-refractivity contribution is 5.86. The molecule has 36 heavy (non-hydrogen) atoms. The Morgan fingerprint density at radius 1 is 1.14 bits per heavy atom. The van der Waals surface area contributed by atoms with E-state index in [1.54, 1.807) is 52.0 Å². The molecule has 0 bridgehead atoms. The number of carbonyl (C=O) groups excluding carboxylic acids is 3. The molecule has 2 aromatic rings. The number of carbonyl (C=O) groups is 3. The predicted octanol–water partition coefficient (Wildman–Crippen LogP) is 2.31. The lowest BCUT2D eigenvalue weighted by Gasteiger charge is -2.23. The average molecular weight is 505 g/mol. The van der Waals surface area contributed by atoms with Crippen LogP contribution in [0.25, 0.3) is 0 Å². The van der Waals surface area contributed by atoms with Gasteiger partial charge in [-0.25, -0.2) is 14.4 Å². The van der Waals surface area contributed by atoms with Crippen LogP contribution >= 0.6 is 0 Å². The van der Waals surface area contributed by atoms with Crippen molar-refractivity contribution in [1.29, 1.82) is 0 Å². The third-order valence-electron chi connectivity index (χ3n) is 4.87. The van der Waals surface area contributed by atoms with Crippen LogP contribution in [0, 0.1) is 5.92 Å². The minimum Gasteiger partial charge on any atom is -0.464 e. The van der Waals surface area contributed by atoms with E-state index in [0.717, 1.165) is 23.3 Å². The average Bonchev–Trinajstić information content (AvgIpc) is 3.52. The molecule has 1 aromatic carbocycles. The first-order valence-corrected chi connectivity index (χ1v) is 11.7. The van der Waals surface area contributed by atoms with Crippen LogP contribution in [0.2, 0.25) is 0 Å². The Kier molecular flexibility index (Phi) is 9.09. The summed E-state index contributed by atoms with van der Waals surface area (Å²) in [5, 5.41) is 9.94. The van der Waals surface area contributed by atoms with Crippen molar-refractivity contribution < 1.29 is 38.2 Å². The number of amides is 1. The minimum absolute atomic E-state index is 0.0198. The molecule has 12 nitrogen and oxygen atoms in total. The number of ether oxygens (including phenoxy) is 4. The maximum atomic E-state index is 12.6. The van der Waals surface area contributed by atoms with Crippen LogP contribution < -0.4 is 14.9 Å². The summed E-state index contributed by atoms with van der Waals surface area (Å²) in [6.07, 6.45) is 2.91. The molecule has 196 valence electrons. The van der Waals surface area contributed by atoms with Gasteiger partial charge in [0.05, 0.1) is 13.2 Å².